The zero-order valence-corrected chi connectivity index (χ0v) is 14.1. The SMILES string of the molecule is CCOC(=O)c1nc(Nc2ccc(C)c(F)c2)c2c(CC)noc2n1. The Balaban J connectivity index is 2.10. The molecule has 130 valence electrons. The van der Waals surface area contributed by atoms with Crippen molar-refractivity contribution in [1.82, 2.24) is 15.1 Å². The second kappa shape index (κ2) is 6.84. The molecular weight excluding hydrogens is 327 g/mol. The van der Waals surface area contributed by atoms with E-state index in [4.69, 9.17) is 9.26 Å². The predicted octanol–water partition coefficient (Wildman–Crippen LogP) is 3.55. The number of aromatic nitrogens is 3. The van der Waals surface area contributed by atoms with E-state index in [1.807, 2.05) is 6.92 Å². The number of carbonyl (C=O) groups is 1. The molecule has 0 saturated heterocycles. The lowest BCUT2D eigenvalue weighted by Gasteiger charge is -2.09. The Morgan fingerprint density at radius 1 is 1.32 bits per heavy atom. The summed E-state index contributed by atoms with van der Waals surface area (Å²) in [5.41, 5.74) is 1.83. The summed E-state index contributed by atoms with van der Waals surface area (Å²) in [6.07, 6.45) is 0.589. The van der Waals surface area contributed by atoms with Crippen molar-refractivity contribution in [3.05, 3.63) is 41.1 Å². The number of nitrogens with one attached hydrogen (secondary N) is 1. The van der Waals surface area contributed by atoms with Crippen LogP contribution in [-0.4, -0.2) is 27.7 Å². The molecule has 0 radical (unpaired) electrons. The molecule has 7 nitrogen and oxygen atoms in total. The van der Waals surface area contributed by atoms with E-state index in [9.17, 15) is 9.18 Å². The van der Waals surface area contributed by atoms with Crippen molar-refractivity contribution < 1.29 is 18.4 Å². The first-order chi connectivity index (χ1) is 12.0. The van der Waals surface area contributed by atoms with Crippen molar-refractivity contribution >= 4 is 28.6 Å². The van der Waals surface area contributed by atoms with E-state index in [-0.39, 0.29) is 24.0 Å². The number of fused-ring (bicyclic) bond motifs is 1. The van der Waals surface area contributed by atoms with Crippen LogP contribution in [0.4, 0.5) is 15.9 Å². The Hall–Kier alpha value is -3.03. The van der Waals surface area contributed by atoms with Gasteiger partial charge in [0.25, 0.3) is 5.71 Å². The number of rotatable bonds is 5. The molecule has 0 saturated carbocycles. The topological polar surface area (TPSA) is 90.1 Å². The van der Waals surface area contributed by atoms with E-state index in [1.54, 1.807) is 26.0 Å². The van der Waals surface area contributed by atoms with Gasteiger partial charge in [-0.05, 0) is 38.0 Å². The maximum absolute atomic E-state index is 13.8. The molecule has 8 heteroatoms. The maximum Gasteiger partial charge on any atom is 0.376 e. The number of nitrogens with zero attached hydrogens (tertiary/aromatic N) is 3. The molecule has 3 rings (SSSR count). The average Bonchev–Trinajstić information content (AvgIpc) is 3.02. The van der Waals surface area contributed by atoms with E-state index in [0.29, 0.717) is 34.6 Å². The van der Waals surface area contributed by atoms with Crippen LogP contribution in [0, 0.1) is 12.7 Å². The average molecular weight is 344 g/mol. The number of ether oxygens (including phenoxy) is 1. The second-order valence-corrected chi connectivity index (χ2v) is 5.37. The summed E-state index contributed by atoms with van der Waals surface area (Å²) in [5, 5.41) is 7.52. The highest BCUT2D eigenvalue weighted by molar-refractivity contribution is 5.94. The minimum absolute atomic E-state index is 0.150. The lowest BCUT2D eigenvalue weighted by Crippen LogP contribution is -2.11. The molecule has 2 aromatic heterocycles. The van der Waals surface area contributed by atoms with Crippen molar-refractivity contribution in [2.75, 3.05) is 11.9 Å². The fourth-order valence-electron chi connectivity index (χ4n) is 2.34. The Bertz CT molecular complexity index is 939. The van der Waals surface area contributed by atoms with Gasteiger partial charge in [-0.3, -0.25) is 0 Å². The minimum atomic E-state index is -0.669. The number of halogens is 1. The zero-order chi connectivity index (χ0) is 18.0. The summed E-state index contributed by atoms with van der Waals surface area (Å²) in [6.45, 7) is 5.47. The van der Waals surface area contributed by atoms with Crippen LogP contribution in [0.5, 0.6) is 0 Å². The number of anilines is 2. The van der Waals surface area contributed by atoms with Crippen LogP contribution in [0.25, 0.3) is 11.1 Å². The van der Waals surface area contributed by atoms with Gasteiger partial charge < -0.3 is 14.6 Å². The third-order valence-corrected chi connectivity index (χ3v) is 3.63. The molecule has 0 atom stereocenters. The molecule has 2 heterocycles. The van der Waals surface area contributed by atoms with Gasteiger partial charge >= 0.3 is 5.97 Å². The summed E-state index contributed by atoms with van der Waals surface area (Å²) >= 11 is 0. The van der Waals surface area contributed by atoms with Crippen molar-refractivity contribution in [3.63, 3.8) is 0 Å². The highest BCUT2D eigenvalue weighted by Gasteiger charge is 2.20. The van der Waals surface area contributed by atoms with E-state index >= 15 is 0 Å². The molecule has 0 fully saturated rings. The van der Waals surface area contributed by atoms with Gasteiger partial charge in [0.05, 0.1) is 12.3 Å². The molecule has 0 aliphatic carbocycles. The molecule has 3 aromatic rings. The Morgan fingerprint density at radius 2 is 2.12 bits per heavy atom. The Morgan fingerprint density at radius 3 is 2.80 bits per heavy atom. The van der Waals surface area contributed by atoms with Crippen LogP contribution in [0.1, 0.15) is 35.7 Å². The smallest absolute Gasteiger partial charge is 0.376 e. The molecule has 25 heavy (non-hydrogen) atoms. The normalized spacial score (nSPS) is 10.9. The van der Waals surface area contributed by atoms with Crippen LogP contribution >= 0.6 is 0 Å². The van der Waals surface area contributed by atoms with Crippen molar-refractivity contribution in [2.24, 2.45) is 0 Å². The van der Waals surface area contributed by atoms with E-state index in [2.05, 4.69) is 20.4 Å². The summed E-state index contributed by atoms with van der Waals surface area (Å²) in [6, 6.07) is 4.72. The second-order valence-electron chi connectivity index (χ2n) is 5.37. The highest BCUT2D eigenvalue weighted by Crippen LogP contribution is 2.28. The molecule has 0 spiro atoms. The van der Waals surface area contributed by atoms with Gasteiger partial charge in [-0.25, -0.2) is 14.2 Å². The van der Waals surface area contributed by atoms with Crippen molar-refractivity contribution in [1.29, 1.82) is 0 Å². The fourth-order valence-corrected chi connectivity index (χ4v) is 2.34. The summed E-state index contributed by atoms with van der Waals surface area (Å²) in [7, 11) is 0. The monoisotopic (exact) mass is 344 g/mol. The first kappa shape index (κ1) is 16.8. The first-order valence-electron chi connectivity index (χ1n) is 7.90. The zero-order valence-electron chi connectivity index (χ0n) is 14.1. The van der Waals surface area contributed by atoms with Crippen molar-refractivity contribution in [2.45, 2.75) is 27.2 Å². The molecule has 1 N–H and O–H groups in total. The third kappa shape index (κ3) is 3.28. The molecular formula is C17H17FN4O3. The lowest BCUT2D eigenvalue weighted by atomic mass is 10.2. The molecule has 0 aliphatic rings. The quantitative estimate of drug-likeness (QED) is 0.708. The van der Waals surface area contributed by atoms with Gasteiger partial charge in [0, 0.05) is 5.69 Å². The van der Waals surface area contributed by atoms with E-state index < -0.39 is 5.97 Å². The maximum atomic E-state index is 13.8. The Labute approximate surface area is 143 Å². The van der Waals surface area contributed by atoms with Gasteiger partial charge in [-0.15, -0.1) is 0 Å². The van der Waals surface area contributed by atoms with Crippen LogP contribution < -0.4 is 5.32 Å². The lowest BCUT2D eigenvalue weighted by molar-refractivity contribution is 0.0512. The van der Waals surface area contributed by atoms with Gasteiger partial charge in [-0.1, -0.05) is 18.1 Å². The first-order valence-corrected chi connectivity index (χ1v) is 7.90. The largest absolute Gasteiger partial charge is 0.460 e. The van der Waals surface area contributed by atoms with E-state index in [1.165, 1.54) is 6.07 Å². The number of hydrogen-bond acceptors (Lipinski definition) is 7. The summed E-state index contributed by atoms with van der Waals surface area (Å²) < 4.78 is 24.0. The number of benzene rings is 1. The van der Waals surface area contributed by atoms with Crippen LogP contribution in [-0.2, 0) is 11.2 Å². The van der Waals surface area contributed by atoms with Crippen LogP contribution in [0.2, 0.25) is 0 Å². The minimum Gasteiger partial charge on any atom is -0.460 e. The standard InChI is InChI=1S/C17H17FN4O3/c1-4-12-13-14(19-10-7-6-9(3)11(18)8-10)20-15(17(23)24-5-2)21-16(13)25-22-12/h6-8H,4-5H2,1-3H3,(H,19,20,21). The molecule has 0 unspecified atom stereocenters. The molecule has 0 aliphatic heterocycles. The number of hydrogen-bond donors (Lipinski definition) is 1. The third-order valence-electron chi connectivity index (χ3n) is 3.63. The molecule has 0 bridgehead atoms. The number of esters is 1. The van der Waals surface area contributed by atoms with Crippen LogP contribution in [0.3, 0.4) is 0 Å². The Kier molecular flexibility index (Phi) is 4.60. The van der Waals surface area contributed by atoms with Gasteiger partial charge in [0.1, 0.15) is 17.0 Å². The van der Waals surface area contributed by atoms with Crippen molar-refractivity contribution in [3.8, 4) is 0 Å². The predicted molar refractivity (Wildman–Crippen MR) is 89.4 cm³/mol. The van der Waals surface area contributed by atoms with E-state index in [0.717, 1.165) is 0 Å². The summed E-state index contributed by atoms with van der Waals surface area (Å²) in [5.74, 6) is -0.850. The summed E-state index contributed by atoms with van der Waals surface area (Å²) in [4.78, 5) is 20.3. The number of aryl methyl sites for hydroxylation is 2. The highest BCUT2D eigenvalue weighted by atomic mass is 19.1. The number of carbonyl (C=O) groups excluding carboxylic acids is 1. The fraction of sp³-hybridized carbons (Fsp3) is 0.294. The van der Waals surface area contributed by atoms with Gasteiger partial charge in [0.2, 0.25) is 5.82 Å². The van der Waals surface area contributed by atoms with Gasteiger partial charge in [-0.2, -0.15) is 4.98 Å². The molecule has 1 aromatic carbocycles. The molecule has 0 amide bonds. The van der Waals surface area contributed by atoms with Gasteiger partial charge in [0.15, 0.2) is 0 Å². The van der Waals surface area contributed by atoms with Crippen LogP contribution in [0.15, 0.2) is 22.7 Å².